The van der Waals surface area contributed by atoms with E-state index in [2.05, 4.69) is 4.74 Å². The predicted octanol–water partition coefficient (Wildman–Crippen LogP) is 0.368. The van der Waals surface area contributed by atoms with Crippen molar-refractivity contribution < 1.29 is 29.0 Å². The number of carbonyl (C=O) groups excluding carboxylic acids is 2. The molecule has 0 radical (unpaired) electrons. The number of hydrogen-bond donors (Lipinski definition) is 1. The number of carboxylic acid groups (broad SMARTS) is 1. The lowest BCUT2D eigenvalue weighted by atomic mass is 9.80. The zero-order valence-electron chi connectivity index (χ0n) is 9.58. The van der Waals surface area contributed by atoms with Crippen molar-refractivity contribution in [1.82, 2.24) is 0 Å². The highest BCUT2D eigenvalue weighted by atomic mass is 16.5. The van der Waals surface area contributed by atoms with Crippen molar-refractivity contribution >= 4 is 18.2 Å². The second kappa shape index (κ2) is 5.47. The van der Waals surface area contributed by atoms with Gasteiger partial charge in [0.25, 0.3) is 0 Å². The number of aldehydes is 1. The Labute approximate surface area is 98.2 Å². The van der Waals surface area contributed by atoms with Gasteiger partial charge in [0.15, 0.2) is 0 Å². The Bertz CT molecular complexity index is 359. The van der Waals surface area contributed by atoms with Gasteiger partial charge in [-0.2, -0.15) is 0 Å². The van der Waals surface area contributed by atoms with Crippen LogP contribution in [0.25, 0.3) is 0 Å². The molecule has 0 saturated carbocycles. The Balaban J connectivity index is 3.04. The summed E-state index contributed by atoms with van der Waals surface area (Å²) in [5.41, 5.74) is 0.0881. The largest absolute Gasteiger partial charge is 0.497 e. The molecule has 17 heavy (non-hydrogen) atoms. The first-order chi connectivity index (χ1) is 8.01. The zero-order valence-corrected chi connectivity index (χ0v) is 9.58. The number of hydrogen-bond acceptors (Lipinski definition) is 5. The van der Waals surface area contributed by atoms with Crippen molar-refractivity contribution in [1.29, 1.82) is 0 Å². The summed E-state index contributed by atoms with van der Waals surface area (Å²) in [6.07, 6.45) is 1.04. The lowest BCUT2D eigenvalue weighted by Crippen LogP contribution is -2.37. The average molecular weight is 242 g/mol. The van der Waals surface area contributed by atoms with Crippen molar-refractivity contribution in [3.8, 4) is 0 Å². The first kappa shape index (κ1) is 13.2. The van der Waals surface area contributed by atoms with Crippen LogP contribution in [-0.2, 0) is 23.9 Å². The van der Waals surface area contributed by atoms with Crippen molar-refractivity contribution in [3.63, 3.8) is 0 Å². The summed E-state index contributed by atoms with van der Waals surface area (Å²) >= 11 is 0. The summed E-state index contributed by atoms with van der Waals surface area (Å²) in [5.74, 6) is -3.12. The van der Waals surface area contributed by atoms with Crippen LogP contribution in [0.1, 0.15) is 13.3 Å². The lowest BCUT2D eigenvalue weighted by molar-refractivity contribution is -0.141. The fourth-order valence-corrected chi connectivity index (χ4v) is 1.85. The Morgan fingerprint density at radius 1 is 1.59 bits per heavy atom. The van der Waals surface area contributed by atoms with Crippen molar-refractivity contribution in [2.24, 2.45) is 11.8 Å². The molecule has 0 aromatic heterocycles. The van der Waals surface area contributed by atoms with Gasteiger partial charge < -0.3 is 19.4 Å². The van der Waals surface area contributed by atoms with Gasteiger partial charge in [-0.15, -0.1) is 0 Å². The van der Waals surface area contributed by atoms with E-state index < -0.39 is 29.9 Å². The monoisotopic (exact) mass is 242 g/mol. The second-order valence-electron chi connectivity index (χ2n) is 3.82. The molecule has 6 heteroatoms. The molecule has 0 aromatic rings. The second-order valence-corrected chi connectivity index (χ2v) is 3.82. The van der Waals surface area contributed by atoms with Crippen LogP contribution in [-0.4, -0.2) is 36.5 Å². The molecule has 1 N–H and O–H groups in total. The number of carboxylic acids is 1. The molecule has 94 valence electrons. The molecule has 6 nitrogen and oxygen atoms in total. The minimum absolute atomic E-state index is 0.0881. The molecule has 1 rings (SSSR count). The molecular weight excluding hydrogens is 228 g/mol. The van der Waals surface area contributed by atoms with E-state index in [0.29, 0.717) is 6.29 Å². The van der Waals surface area contributed by atoms with Gasteiger partial charge in [0.1, 0.15) is 12.4 Å². The van der Waals surface area contributed by atoms with Crippen LogP contribution < -0.4 is 0 Å². The number of rotatable bonds is 4. The minimum atomic E-state index is -1.08. The normalized spacial score (nSPS) is 27.6. The van der Waals surface area contributed by atoms with E-state index in [1.807, 2.05) is 0 Å². The molecule has 0 spiro atoms. The maximum atomic E-state index is 11.4. The van der Waals surface area contributed by atoms with Gasteiger partial charge in [-0.3, -0.25) is 4.79 Å². The van der Waals surface area contributed by atoms with Gasteiger partial charge >= 0.3 is 11.9 Å². The SMILES string of the molecule is COC(=O)C1=CO[C@@H](C)[C@@H](C=O)C1CC(=O)O. The van der Waals surface area contributed by atoms with Crippen LogP contribution >= 0.6 is 0 Å². The van der Waals surface area contributed by atoms with E-state index in [0.717, 1.165) is 0 Å². The van der Waals surface area contributed by atoms with Crippen LogP contribution in [0.15, 0.2) is 11.8 Å². The number of esters is 1. The van der Waals surface area contributed by atoms with E-state index in [9.17, 15) is 14.4 Å². The molecule has 1 heterocycles. The lowest BCUT2D eigenvalue weighted by Gasteiger charge is -2.31. The Morgan fingerprint density at radius 2 is 2.24 bits per heavy atom. The third kappa shape index (κ3) is 2.83. The van der Waals surface area contributed by atoms with Crippen molar-refractivity contribution in [2.45, 2.75) is 19.4 Å². The molecule has 0 aromatic carbocycles. The third-order valence-electron chi connectivity index (χ3n) is 2.79. The third-order valence-corrected chi connectivity index (χ3v) is 2.79. The minimum Gasteiger partial charge on any atom is -0.497 e. The van der Waals surface area contributed by atoms with Crippen LogP contribution in [0.2, 0.25) is 0 Å². The standard InChI is InChI=1S/C11H14O6/c1-6-8(4-12)7(3-10(13)14)9(5-17-6)11(15)16-2/h4-8H,3H2,1-2H3,(H,13,14)/t6-,7?,8+/m0/s1. The van der Waals surface area contributed by atoms with Crippen LogP contribution in [0.3, 0.4) is 0 Å². The number of carbonyl (C=O) groups is 3. The number of methoxy groups -OCH3 is 1. The molecule has 1 unspecified atom stereocenters. The molecule has 0 aliphatic carbocycles. The Morgan fingerprint density at radius 3 is 2.71 bits per heavy atom. The fraction of sp³-hybridized carbons (Fsp3) is 0.545. The quantitative estimate of drug-likeness (QED) is 0.565. The summed E-state index contributed by atoms with van der Waals surface area (Å²) in [6, 6.07) is 0. The van der Waals surface area contributed by atoms with E-state index in [1.165, 1.54) is 13.4 Å². The van der Waals surface area contributed by atoms with Gasteiger partial charge in [0, 0.05) is 5.92 Å². The highest BCUT2D eigenvalue weighted by molar-refractivity contribution is 5.90. The Kier molecular flexibility index (Phi) is 4.25. The Hall–Kier alpha value is -1.85. The van der Waals surface area contributed by atoms with E-state index in [4.69, 9.17) is 9.84 Å². The summed E-state index contributed by atoms with van der Waals surface area (Å²) in [6.45, 7) is 1.65. The highest BCUT2D eigenvalue weighted by Gasteiger charge is 2.38. The van der Waals surface area contributed by atoms with Crippen molar-refractivity contribution in [3.05, 3.63) is 11.8 Å². The molecular formula is C11H14O6. The van der Waals surface area contributed by atoms with Gasteiger partial charge in [0.05, 0.1) is 31.3 Å². The van der Waals surface area contributed by atoms with Gasteiger partial charge in [-0.25, -0.2) is 4.79 Å². The van der Waals surface area contributed by atoms with Crippen LogP contribution in [0.4, 0.5) is 0 Å². The van der Waals surface area contributed by atoms with Crippen LogP contribution in [0.5, 0.6) is 0 Å². The summed E-state index contributed by atoms with van der Waals surface area (Å²) in [5, 5.41) is 8.80. The first-order valence-corrected chi connectivity index (χ1v) is 5.12. The highest BCUT2D eigenvalue weighted by Crippen LogP contribution is 2.32. The predicted molar refractivity (Wildman–Crippen MR) is 55.9 cm³/mol. The van der Waals surface area contributed by atoms with E-state index >= 15 is 0 Å². The molecule has 1 aliphatic rings. The van der Waals surface area contributed by atoms with Gasteiger partial charge in [0.2, 0.25) is 0 Å². The molecule has 0 fully saturated rings. The van der Waals surface area contributed by atoms with E-state index in [1.54, 1.807) is 6.92 Å². The smallest absolute Gasteiger partial charge is 0.337 e. The molecule has 1 aliphatic heterocycles. The number of aliphatic carboxylic acids is 1. The molecule has 0 bridgehead atoms. The zero-order chi connectivity index (χ0) is 13.0. The fourth-order valence-electron chi connectivity index (χ4n) is 1.85. The van der Waals surface area contributed by atoms with E-state index in [-0.39, 0.29) is 12.0 Å². The maximum absolute atomic E-state index is 11.4. The van der Waals surface area contributed by atoms with Crippen molar-refractivity contribution in [2.75, 3.05) is 7.11 Å². The molecule has 3 atom stereocenters. The summed E-state index contributed by atoms with van der Waals surface area (Å²) in [7, 11) is 1.19. The topological polar surface area (TPSA) is 89.9 Å². The summed E-state index contributed by atoms with van der Waals surface area (Å²) in [4.78, 5) is 33.2. The van der Waals surface area contributed by atoms with Gasteiger partial charge in [-0.05, 0) is 6.92 Å². The average Bonchev–Trinajstić information content (AvgIpc) is 2.28. The van der Waals surface area contributed by atoms with Crippen LogP contribution in [0, 0.1) is 11.8 Å². The number of ether oxygens (including phenoxy) is 2. The molecule has 0 saturated heterocycles. The maximum Gasteiger partial charge on any atom is 0.337 e. The molecule has 0 amide bonds. The summed E-state index contributed by atoms with van der Waals surface area (Å²) < 4.78 is 9.68. The van der Waals surface area contributed by atoms with Gasteiger partial charge in [-0.1, -0.05) is 0 Å². The first-order valence-electron chi connectivity index (χ1n) is 5.12.